The van der Waals surface area contributed by atoms with E-state index in [-0.39, 0.29) is 23.0 Å². The second kappa shape index (κ2) is 7.07. The predicted molar refractivity (Wildman–Crippen MR) is 88.1 cm³/mol. The fourth-order valence-electron chi connectivity index (χ4n) is 2.37. The van der Waals surface area contributed by atoms with E-state index in [9.17, 15) is 9.90 Å². The molecule has 1 aliphatic rings. The van der Waals surface area contributed by atoms with Gasteiger partial charge in [0.25, 0.3) is 0 Å². The third-order valence-corrected chi connectivity index (χ3v) is 3.81. The standard InChI is InChI=1S/C14H20Cl2N4O3/c1-14(2,3)23-13(22)19-4-5-20(9(7-19)8-21)10-6-11(15)17-18-12(10)16/h6,9,21H,4-5,7-8H2,1-3H3/t9-/m1/s1. The molecule has 1 aromatic rings. The molecule has 1 amide bonds. The zero-order chi connectivity index (χ0) is 17.2. The molecule has 9 heteroatoms. The number of aromatic nitrogens is 2. The number of aliphatic hydroxyl groups is 1. The predicted octanol–water partition coefficient (Wildman–Crippen LogP) is 2.20. The van der Waals surface area contributed by atoms with Crippen LogP contribution < -0.4 is 4.90 Å². The summed E-state index contributed by atoms with van der Waals surface area (Å²) in [4.78, 5) is 15.6. The fraction of sp³-hybridized carbons (Fsp3) is 0.643. The van der Waals surface area contributed by atoms with Gasteiger partial charge >= 0.3 is 6.09 Å². The molecular formula is C14H20Cl2N4O3. The highest BCUT2D eigenvalue weighted by Crippen LogP contribution is 2.29. The molecule has 0 aromatic carbocycles. The van der Waals surface area contributed by atoms with Crippen LogP contribution in [0.2, 0.25) is 10.3 Å². The van der Waals surface area contributed by atoms with Gasteiger partial charge in [0.2, 0.25) is 0 Å². The van der Waals surface area contributed by atoms with E-state index < -0.39 is 11.7 Å². The van der Waals surface area contributed by atoms with Crippen LogP contribution >= 0.6 is 23.2 Å². The molecule has 1 N–H and O–H groups in total. The number of ether oxygens (including phenoxy) is 1. The van der Waals surface area contributed by atoms with Crippen molar-refractivity contribution in [2.45, 2.75) is 32.4 Å². The lowest BCUT2D eigenvalue weighted by Gasteiger charge is -2.42. The van der Waals surface area contributed by atoms with Crippen LogP contribution in [0.1, 0.15) is 20.8 Å². The first-order valence-electron chi connectivity index (χ1n) is 7.25. The molecular weight excluding hydrogens is 343 g/mol. The summed E-state index contributed by atoms with van der Waals surface area (Å²) in [6.07, 6.45) is -0.396. The molecule has 1 aromatic heterocycles. The highest BCUT2D eigenvalue weighted by molar-refractivity contribution is 6.33. The normalized spacial score (nSPS) is 19.0. The zero-order valence-electron chi connectivity index (χ0n) is 13.3. The molecule has 2 heterocycles. The van der Waals surface area contributed by atoms with Gasteiger partial charge in [-0.2, -0.15) is 0 Å². The number of carbonyl (C=O) groups is 1. The lowest BCUT2D eigenvalue weighted by atomic mass is 10.1. The van der Waals surface area contributed by atoms with Crippen LogP contribution in [-0.4, -0.2) is 64.2 Å². The summed E-state index contributed by atoms with van der Waals surface area (Å²) >= 11 is 11.9. The lowest BCUT2D eigenvalue weighted by molar-refractivity contribution is 0.0197. The first-order chi connectivity index (χ1) is 10.7. The summed E-state index contributed by atoms with van der Waals surface area (Å²) in [5.41, 5.74) is 0.0314. The maximum absolute atomic E-state index is 12.2. The second-order valence-electron chi connectivity index (χ2n) is 6.30. The summed E-state index contributed by atoms with van der Waals surface area (Å²) in [7, 11) is 0. The summed E-state index contributed by atoms with van der Waals surface area (Å²) < 4.78 is 5.37. The number of hydrogen-bond acceptors (Lipinski definition) is 6. The maximum Gasteiger partial charge on any atom is 0.410 e. The molecule has 1 aliphatic heterocycles. The highest BCUT2D eigenvalue weighted by Gasteiger charge is 2.33. The van der Waals surface area contributed by atoms with E-state index >= 15 is 0 Å². The number of aliphatic hydroxyl groups excluding tert-OH is 1. The van der Waals surface area contributed by atoms with E-state index in [1.807, 2.05) is 25.7 Å². The Morgan fingerprint density at radius 3 is 2.70 bits per heavy atom. The zero-order valence-corrected chi connectivity index (χ0v) is 14.8. The van der Waals surface area contributed by atoms with Crippen molar-refractivity contribution in [2.75, 3.05) is 31.1 Å². The van der Waals surface area contributed by atoms with Crippen molar-refractivity contribution in [1.82, 2.24) is 15.1 Å². The molecule has 7 nitrogen and oxygen atoms in total. The first-order valence-corrected chi connectivity index (χ1v) is 8.01. The SMILES string of the molecule is CC(C)(C)OC(=O)N1CCN(c2cc(Cl)nnc2Cl)[C@@H](CO)C1. The van der Waals surface area contributed by atoms with Crippen molar-refractivity contribution < 1.29 is 14.6 Å². The minimum Gasteiger partial charge on any atom is -0.444 e. The largest absolute Gasteiger partial charge is 0.444 e. The molecule has 1 atom stereocenters. The molecule has 0 saturated carbocycles. The Hall–Kier alpha value is -1.31. The summed E-state index contributed by atoms with van der Waals surface area (Å²) in [5.74, 6) is 0. The van der Waals surface area contributed by atoms with Crippen molar-refractivity contribution in [3.05, 3.63) is 16.4 Å². The highest BCUT2D eigenvalue weighted by atomic mass is 35.5. The molecule has 0 unspecified atom stereocenters. The van der Waals surface area contributed by atoms with Crippen molar-refractivity contribution in [2.24, 2.45) is 0 Å². The summed E-state index contributed by atoms with van der Waals surface area (Å²) in [5, 5.41) is 17.6. The van der Waals surface area contributed by atoms with Gasteiger partial charge in [-0.1, -0.05) is 23.2 Å². The Morgan fingerprint density at radius 1 is 1.39 bits per heavy atom. The van der Waals surface area contributed by atoms with Crippen molar-refractivity contribution in [1.29, 1.82) is 0 Å². The average Bonchev–Trinajstić information content (AvgIpc) is 2.47. The number of halogens is 2. The third kappa shape index (κ3) is 4.59. The average molecular weight is 363 g/mol. The van der Waals surface area contributed by atoms with Crippen LogP contribution in [0.5, 0.6) is 0 Å². The van der Waals surface area contributed by atoms with Crippen LogP contribution in [0, 0.1) is 0 Å². The molecule has 0 bridgehead atoms. The van der Waals surface area contributed by atoms with Gasteiger partial charge in [0.1, 0.15) is 5.60 Å². The molecule has 0 radical (unpaired) electrons. The minimum atomic E-state index is -0.561. The van der Waals surface area contributed by atoms with E-state index in [2.05, 4.69) is 10.2 Å². The van der Waals surface area contributed by atoms with Crippen LogP contribution in [0.4, 0.5) is 10.5 Å². The molecule has 2 rings (SSSR count). The molecule has 0 aliphatic carbocycles. The lowest BCUT2D eigenvalue weighted by Crippen LogP contribution is -2.57. The van der Waals surface area contributed by atoms with Gasteiger partial charge in [0.05, 0.1) is 18.3 Å². The number of rotatable bonds is 2. The van der Waals surface area contributed by atoms with Crippen LogP contribution in [0.25, 0.3) is 0 Å². The number of piperazine rings is 1. The Labute approximate surface area is 145 Å². The van der Waals surface area contributed by atoms with E-state index in [0.717, 1.165) is 0 Å². The van der Waals surface area contributed by atoms with E-state index in [1.165, 1.54) is 0 Å². The van der Waals surface area contributed by atoms with E-state index in [4.69, 9.17) is 27.9 Å². The Balaban J connectivity index is 2.13. The molecule has 1 saturated heterocycles. The number of nitrogens with zero attached hydrogens (tertiary/aromatic N) is 4. The minimum absolute atomic E-state index is 0.143. The van der Waals surface area contributed by atoms with Gasteiger partial charge in [0, 0.05) is 25.7 Å². The Bertz CT molecular complexity index is 580. The third-order valence-electron chi connectivity index (χ3n) is 3.36. The van der Waals surface area contributed by atoms with Gasteiger partial charge in [-0.3, -0.25) is 0 Å². The van der Waals surface area contributed by atoms with Gasteiger partial charge in [0.15, 0.2) is 10.3 Å². The fourth-order valence-corrected chi connectivity index (χ4v) is 2.71. The number of anilines is 1. The Kier molecular flexibility index (Phi) is 5.54. The second-order valence-corrected chi connectivity index (χ2v) is 7.04. The van der Waals surface area contributed by atoms with Gasteiger partial charge in [-0.25, -0.2) is 4.79 Å². The molecule has 23 heavy (non-hydrogen) atoms. The van der Waals surface area contributed by atoms with Crippen molar-refractivity contribution in [3.63, 3.8) is 0 Å². The quantitative estimate of drug-likeness (QED) is 0.868. The molecule has 1 fully saturated rings. The van der Waals surface area contributed by atoms with E-state index in [0.29, 0.717) is 25.3 Å². The smallest absolute Gasteiger partial charge is 0.410 e. The van der Waals surface area contributed by atoms with E-state index in [1.54, 1.807) is 11.0 Å². The number of carbonyl (C=O) groups excluding carboxylic acids is 1. The van der Waals surface area contributed by atoms with Crippen molar-refractivity contribution >= 4 is 35.0 Å². The Morgan fingerprint density at radius 2 is 2.09 bits per heavy atom. The molecule has 0 spiro atoms. The van der Waals surface area contributed by atoms with Crippen LogP contribution in [0.15, 0.2) is 6.07 Å². The van der Waals surface area contributed by atoms with Crippen LogP contribution in [-0.2, 0) is 4.74 Å². The topological polar surface area (TPSA) is 78.8 Å². The van der Waals surface area contributed by atoms with Gasteiger partial charge < -0.3 is 19.6 Å². The summed E-state index contributed by atoms with van der Waals surface area (Å²) in [6, 6.07) is 1.27. The molecule has 128 valence electrons. The maximum atomic E-state index is 12.2. The number of hydrogen-bond donors (Lipinski definition) is 1. The first kappa shape index (κ1) is 18.0. The monoisotopic (exact) mass is 362 g/mol. The number of amides is 1. The van der Waals surface area contributed by atoms with Crippen LogP contribution in [0.3, 0.4) is 0 Å². The van der Waals surface area contributed by atoms with Gasteiger partial charge in [-0.05, 0) is 20.8 Å². The van der Waals surface area contributed by atoms with Crippen molar-refractivity contribution in [3.8, 4) is 0 Å². The van der Waals surface area contributed by atoms with Gasteiger partial charge in [-0.15, -0.1) is 10.2 Å². The summed E-state index contributed by atoms with van der Waals surface area (Å²) in [6.45, 7) is 6.55.